The topological polar surface area (TPSA) is 61.8 Å². The van der Waals surface area contributed by atoms with Crippen LogP contribution in [0.15, 0.2) is 47.4 Å². The van der Waals surface area contributed by atoms with Gasteiger partial charge in [0.2, 0.25) is 0 Å². The van der Waals surface area contributed by atoms with Gasteiger partial charge in [-0.2, -0.15) is 8.42 Å². The second-order valence-corrected chi connectivity index (χ2v) is 6.30. The lowest BCUT2D eigenvalue weighted by Gasteiger charge is -2.15. The van der Waals surface area contributed by atoms with E-state index in [-0.39, 0.29) is 16.4 Å². The zero-order chi connectivity index (χ0) is 16.9. The van der Waals surface area contributed by atoms with Crippen molar-refractivity contribution in [2.75, 3.05) is 13.2 Å². The van der Waals surface area contributed by atoms with Crippen LogP contribution in [0.25, 0.3) is 0 Å². The summed E-state index contributed by atoms with van der Waals surface area (Å²) >= 11 is 0. The maximum atomic E-state index is 12.6. The highest BCUT2D eigenvalue weighted by Crippen LogP contribution is 2.33. The number of rotatable bonds is 7. The van der Waals surface area contributed by atoms with Crippen molar-refractivity contribution in [1.29, 1.82) is 0 Å². The van der Waals surface area contributed by atoms with E-state index in [4.69, 9.17) is 13.7 Å². The standard InChI is InChI=1S/C17H20O5S/c1-4-20-15-12-17(16(21-5-2)11-13(15)3)23(18,19)22-14-9-7-6-8-10-14/h6-12H,4-5H2,1-3H3. The van der Waals surface area contributed by atoms with Gasteiger partial charge in [-0.3, -0.25) is 0 Å². The van der Waals surface area contributed by atoms with Gasteiger partial charge in [0.1, 0.15) is 17.2 Å². The molecule has 0 aromatic heterocycles. The van der Waals surface area contributed by atoms with Crippen LogP contribution in [-0.2, 0) is 10.1 Å². The molecule has 0 saturated heterocycles. The molecule has 5 nitrogen and oxygen atoms in total. The second-order valence-electron chi connectivity index (χ2n) is 4.78. The fourth-order valence-electron chi connectivity index (χ4n) is 2.07. The maximum absolute atomic E-state index is 12.6. The molecule has 0 atom stereocenters. The fourth-order valence-corrected chi connectivity index (χ4v) is 3.14. The highest BCUT2D eigenvalue weighted by Gasteiger charge is 2.24. The second kappa shape index (κ2) is 7.37. The van der Waals surface area contributed by atoms with Gasteiger partial charge in [0.15, 0.2) is 4.90 Å². The summed E-state index contributed by atoms with van der Waals surface area (Å²) < 4.78 is 41.3. The molecule has 0 radical (unpaired) electrons. The molecule has 0 bridgehead atoms. The zero-order valence-electron chi connectivity index (χ0n) is 13.4. The number of hydrogen-bond acceptors (Lipinski definition) is 5. The smallest absolute Gasteiger partial charge is 0.343 e. The molecule has 0 heterocycles. The number of aryl methyl sites for hydroxylation is 1. The van der Waals surface area contributed by atoms with Crippen molar-refractivity contribution in [3.8, 4) is 17.2 Å². The maximum Gasteiger partial charge on any atom is 0.343 e. The van der Waals surface area contributed by atoms with Gasteiger partial charge < -0.3 is 13.7 Å². The van der Waals surface area contributed by atoms with Crippen molar-refractivity contribution in [2.45, 2.75) is 25.7 Å². The Hall–Kier alpha value is -2.21. The van der Waals surface area contributed by atoms with Crippen LogP contribution in [0.2, 0.25) is 0 Å². The fraction of sp³-hybridized carbons (Fsp3) is 0.294. The first-order valence-electron chi connectivity index (χ1n) is 7.37. The van der Waals surface area contributed by atoms with Gasteiger partial charge >= 0.3 is 10.1 Å². The zero-order valence-corrected chi connectivity index (χ0v) is 14.2. The molecule has 6 heteroatoms. The average molecular weight is 336 g/mol. The first-order chi connectivity index (χ1) is 11.0. The molecule has 23 heavy (non-hydrogen) atoms. The predicted molar refractivity (Wildman–Crippen MR) is 87.8 cm³/mol. The molecular weight excluding hydrogens is 316 g/mol. The lowest BCUT2D eigenvalue weighted by Crippen LogP contribution is -2.12. The van der Waals surface area contributed by atoms with E-state index in [9.17, 15) is 8.42 Å². The SMILES string of the molecule is CCOc1cc(S(=O)(=O)Oc2ccccc2)c(OCC)cc1C. The van der Waals surface area contributed by atoms with Crippen molar-refractivity contribution >= 4 is 10.1 Å². The third kappa shape index (κ3) is 4.16. The van der Waals surface area contributed by atoms with Crippen LogP contribution >= 0.6 is 0 Å². The molecule has 124 valence electrons. The van der Waals surface area contributed by atoms with Gasteiger partial charge in [0, 0.05) is 6.07 Å². The van der Waals surface area contributed by atoms with E-state index in [1.807, 2.05) is 13.8 Å². The lowest BCUT2D eigenvalue weighted by molar-refractivity contribution is 0.319. The number of para-hydroxylation sites is 1. The van der Waals surface area contributed by atoms with E-state index in [1.54, 1.807) is 43.3 Å². The molecule has 0 N–H and O–H groups in total. The summed E-state index contributed by atoms with van der Waals surface area (Å²) in [6, 6.07) is 11.4. The summed E-state index contributed by atoms with van der Waals surface area (Å²) in [7, 11) is -4.03. The van der Waals surface area contributed by atoms with Gasteiger partial charge in [-0.15, -0.1) is 0 Å². The molecule has 0 unspecified atom stereocenters. The van der Waals surface area contributed by atoms with E-state index < -0.39 is 10.1 Å². The van der Waals surface area contributed by atoms with Crippen molar-refractivity contribution < 1.29 is 22.1 Å². The molecule has 0 fully saturated rings. The van der Waals surface area contributed by atoms with Crippen molar-refractivity contribution in [2.24, 2.45) is 0 Å². The number of benzene rings is 2. The van der Waals surface area contributed by atoms with Crippen molar-refractivity contribution in [3.05, 3.63) is 48.0 Å². The molecule has 0 aliphatic rings. The summed E-state index contributed by atoms with van der Waals surface area (Å²) in [6.07, 6.45) is 0. The van der Waals surface area contributed by atoms with Gasteiger partial charge in [-0.1, -0.05) is 18.2 Å². The van der Waals surface area contributed by atoms with Crippen LogP contribution in [0, 0.1) is 6.92 Å². The Morgan fingerprint density at radius 3 is 2.13 bits per heavy atom. The molecule has 0 spiro atoms. The van der Waals surface area contributed by atoms with Gasteiger partial charge in [-0.05, 0) is 44.5 Å². The molecule has 2 rings (SSSR count). The predicted octanol–water partition coefficient (Wildman–Crippen LogP) is 3.56. The molecule has 0 aliphatic carbocycles. The van der Waals surface area contributed by atoms with E-state index in [0.29, 0.717) is 19.0 Å². The Bertz CT molecular complexity index is 754. The van der Waals surface area contributed by atoms with E-state index in [1.165, 1.54) is 6.07 Å². The van der Waals surface area contributed by atoms with Crippen LogP contribution in [0.4, 0.5) is 0 Å². The highest BCUT2D eigenvalue weighted by molar-refractivity contribution is 7.87. The summed E-state index contributed by atoms with van der Waals surface area (Å²) in [5.41, 5.74) is 0.800. The molecule has 0 aliphatic heterocycles. The minimum absolute atomic E-state index is 0.0442. The minimum Gasteiger partial charge on any atom is -0.494 e. The molecule has 2 aromatic rings. The summed E-state index contributed by atoms with van der Waals surface area (Å²) in [5, 5.41) is 0. The molecule has 0 amide bonds. The Morgan fingerprint density at radius 1 is 0.913 bits per heavy atom. The quantitative estimate of drug-likeness (QED) is 0.724. The lowest BCUT2D eigenvalue weighted by atomic mass is 10.2. The monoisotopic (exact) mass is 336 g/mol. The molecular formula is C17H20O5S. The first kappa shape index (κ1) is 17.1. The first-order valence-corrected chi connectivity index (χ1v) is 8.78. The Labute approximate surface area is 136 Å². The van der Waals surface area contributed by atoms with E-state index in [2.05, 4.69) is 0 Å². The highest BCUT2D eigenvalue weighted by atomic mass is 32.2. The molecule has 0 saturated carbocycles. The summed E-state index contributed by atoms with van der Waals surface area (Å²) in [6.45, 7) is 6.25. The normalized spacial score (nSPS) is 11.1. The van der Waals surface area contributed by atoms with Crippen LogP contribution in [-0.4, -0.2) is 21.6 Å². The Balaban J connectivity index is 2.48. The van der Waals surface area contributed by atoms with Gasteiger partial charge in [-0.25, -0.2) is 0 Å². The Morgan fingerprint density at radius 2 is 1.52 bits per heavy atom. The van der Waals surface area contributed by atoms with E-state index in [0.717, 1.165) is 5.56 Å². The minimum atomic E-state index is -4.03. The van der Waals surface area contributed by atoms with Gasteiger partial charge in [0.05, 0.1) is 13.2 Å². The number of hydrogen-bond donors (Lipinski definition) is 0. The largest absolute Gasteiger partial charge is 0.494 e. The van der Waals surface area contributed by atoms with Crippen LogP contribution in [0.3, 0.4) is 0 Å². The third-order valence-corrected chi connectivity index (χ3v) is 4.33. The average Bonchev–Trinajstić information content (AvgIpc) is 2.50. The van der Waals surface area contributed by atoms with Crippen LogP contribution < -0.4 is 13.7 Å². The number of ether oxygens (including phenoxy) is 2. The van der Waals surface area contributed by atoms with Crippen LogP contribution in [0.5, 0.6) is 17.2 Å². The van der Waals surface area contributed by atoms with Crippen molar-refractivity contribution in [3.63, 3.8) is 0 Å². The van der Waals surface area contributed by atoms with Gasteiger partial charge in [0.25, 0.3) is 0 Å². The third-order valence-electron chi connectivity index (χ3n) is 3.06. The summed E-state index contributed by atoms with van der Waals surface area (Å²) in [5.74, 6) is 0.990. The van der Waals surface area contributed by atoms with Crippen LogP contribution in [0.1, 0.15) is 19.4 Å². The Kier molecular flexibility index (Phi) is 5.50. The van der Waals surface area contributed by atoms with Crippen molar-refractivity contribution in [1.82, 2.24) is 0 Å². The molecule has 2 aromatic carbocycles. The van der Waals surface area contributed by atoms with E-state index >= 15 is 0 Å². The summed E-state index contributed by atoms with van der Waals surface area (Å²) in [4.78, 5) is -0.0442.